The number of benzene rings is 3. The highest BCUT2D eigenvalue weighted by atomic mass is 32.2. The number of carbonyl (C=O) groups is 3. The van der Waals surface area contributed by atoms with E-state index in [9.17, 15) is 23.9 Å². The monoisotopic (exact) mass is 592 g/mol. The van der Waals surface area contributed by atoms with Gasteiger partial charge in [-0.1, -0.05) is 66.7 Å². The van der Waals surface area contributed by atoms with Crippen LogP contribution in [0.1, 0.15) is 36.1 Å². The van der Waals surface area contributed by atoms with Crippen molar-refractivity contribution in [3.63, 3.8) is 0 Å². The molecule has 0 bridgehead atoms. The Morgan fingerprint density at radius 3 is 2.31 bits per heavy atom. The summed E-state index contributed by atoms with van der Waals surface area (Å²) in [6, 6.07) is 20.3. The number of amides is 4. The average molecular weight is 593 g/mol. The summed E-state index contributed by atoms with van der Waals surface area (Å²) in [5.74, 6) is -1.10. The van der Waals surface area contributed by atoms with Crippen LogP contribution in [0, 0.1) is 12.7 Å². The first-order valence-electron chi connectivity index (χ1n) is 13.8. The second kappa shape index (κ2) is 13.8. The summed E-state index contributed by atoms with van der Waals surface area (Å²) in [5.41, 5.74) is 3.54. The summed E-state index contributed by atoms with van der Waals surface area (Å²) in [5, 5.41) is 19.8. The van der Waals surface area contributed by atoms with Crippen molar-refractivity contribution in [3.05, 3.63) is 107 Å². The van der Waals surface area contributed by atoms with E-state index in [4.69, 9.17) is 0 Å². The number of hydrogen-bond donors (Lipinski definition) is 4. The lowest BCUT2D eigenvalue weighted by atomic mass is 9.97. The molecule has 0 unspecified atom stereocenters. The van der Waals surface area contributed by atoms with Crippen LogP contribution < -0.4 is 16.0 Å². The van der Waals surface area contributed by atoms with Gasteiger partial charge in [-0.15, -0.1) is 11.8 Å². The average Bonchev–Trinajstić information content (AvgIpc) is 3.30. The van der Waals surface area contributed by atoms with Gasteiger partial charge in [-0.25, -0.2) is 9.18 Å². The van der Waals surface area contributed by atoms with Crippen LogP contribution in [0.3, 0.4) is 0 Å². The molecule has 0 aromatic heterocycles. The molecule has 0 aliphatic carbocycles. The number of aryl methyl sites for hydroxylation is 1. The van der Waals surface area contributed by atoms with Gasteiger partial charge in [0.05, 0.1) is 11.9 Å². The normalized spacial score (nSPS) is 17.3. The van der Waals surface area contributed by atoms with Crippen molar-refractivity contribution in [2.45, 2.75) is 63.2 Å². The van der Waals surface area contributed by atoms with Crippen molar-refractivity contribution < 1.29 is 23.9 Å². The highest BCUT2D eigenvalue weighted by molar-refractivity contribution is 8.00. The van der Waals surface area contributed by atoms with E-state index in [0.29, 0.717) is 12.1 Å². The van der Waals surface area contributed by atoms with Crippen LogP contribution in [-0.2, 0) is 29.1 Å². The van der Waals surface area contributed by atoms with E-state index in [0.717, 1.165) is 16.7 Å². The minimum Gasteiger partial charge on any atom is -0.381 e. The minimum absolute atomic E-state index is 0.133. The fourth-order valence-corrected chi connectivity index (χ4v) is 6.10. The Morgan fingerprint density at radius 2 is 1.62 bits per heavy atom. The highest BCUT2D eigenvalue weighted by Crippen LogP contribution is 2.40. The van der Waals surface area contributed by atoms with Crippen LogP contribution in [0.2, 0.25) is 0 Å². The number of thioether (sulfide) groups is 1. The van der Waals surface area contributed by atoms with Crippen LogP contribution in [0.4, 0.5) is 9.18 Å². The van der Waals surface area contributed by atoms with E-state index in [-0.39, 0.29) is 30.6 Å². The molecule has 4 N–H and O–H groups in total. The Labute approximate surface area is 250 Å². The SMILES string of the molecule is Cc1ccccc1CNC(=O)[C@H]1N(C(=O)[C@@H](O)[C@H](Cc2ccccc2)NC(=O)NCc2ccc(F)cc2)CSC1(C)C. The third-order valence-corrected chi connectivity index (χ3v) is 8.78. The molecular formula is C32H37FN4O4S. The molecule has 1 aliphatic heterocycles. The van der Waals surface area contributed by atoms with E-state index < -0.39 is 34.9 Å². The Morgan fingerprint density at radius 1 is 0.952 bits per heavy atom. The molecule has 1 aliphatic rings. The Bertz CT molecular complexity index is 1390. The molecule has 1 saturated heterocycles. The first-order chi connectivity index (χ1) is 20.0. The predicted octanol–water partition coefficient (Wildman–Crippen LogP) is 3.90. The number of aliphatic hydroxyl groups excluding tert-OH is 1. The van der Waals surface area contributed by atoms with Gasteiger partial charge < -0.3 is 26.0 Å². The minimum atomic E-state index is -1.61. The fraction of sp³-hybridized carbons (Fsp3) is 0.344. The molecule has 0 radical (unpaired) electrons. The second-order valence-electron chi connectivity index (χ2n) is 10.9. The molecule has 1 fully saturated rings. The van der Waals surface area contributed by atoms with Gasteiger partial charge in [-0.05, 0) is 61.6 Å². The smallest absolute Gasteiger partial charge is 0.315 e. The van der Waals surface area contributed by atoms with Crippen LogP contribution >= 0.6 is 11.8 Å². The van der Waals surface area contributed by atoms with Gasteiger partial charge in [0.25, 0.3) is 5.91 Å². The molecule has 0 saturated carbocycles. The summed E-state index contributed by atoms with van der Waals surface area (Å²) < 4.78 is 12.6. The van der Waals surface area contributed by atoms with Crippen LogP contribution in [0.5, 0.6) is 0 Å². The molecular weight excluding hydrogens is 555 g/mol. The largest absolute Gasteiger partial charge is 0.381 e. The Balaban J connectivity index is 1.47. The van der Waals surface area contributed by atoms with Crippen molar-refractivity contribution in [2.75, 3.05) is 5.88 Å². The standard InChI is InChI=1S/C32H37FN4O4S/c1-21-9-7-8-12-24(21)19-34-29(39)28-32(2,3)42-20-37(28)30(40)27(38)26(17-22-10-5-4-6-11-22)36-31(41)35-18-23-13-15-25(33)16-14-23/h4-16,26-28,38H,17-20H2,1-3H3,(H,34,39)(H2,35,36,41)/t26-,27-,28+/m0/s1. The molecule has 42 heavy (non-hydrogen) atoms. The number of hydrogen-bond acceptors (Lipinski definition) is 5. The van der Waals surface area contributed by atoms with Gasteiger partial charge in [-0.3, -0.25) is 9.59 Å². The lowest BCUT2D eigenvalue weighted by Gasteiger charge is -2.33. The lowest BCUT2D eigenvalue weighted by Crippen LogP contribution is -2.59. The summed E-state index contributed by atoms with van der Waals surface area (Å²) in [7, 11) is 0. The van der Waals surface area contributed by atoms with Crippen LogP contribution in [0.25, 0.3) is 0 Å². The van der Waals surface area contributed by atoms with Gasteiger partial charge in [0.1, 0.15) is 11.9 Å². The number of nitrogens with one attached hydrogen (secondary N) is 3. The Hall–Kier alpha value is -3.89. The van der Waals surface area contributed by atoms with Crippen molar-refractivity contribution in [3.8, 4) is 0 Å². The van der Waals surface area contributed by atoms with Crippen LogP contribution in [-0.4, -0.2) is 56.7 Å². The van der Waals surface area contributed by atoms with Gasteiger partial charge in [-0.2, -0.15) is 0 Å². The molecule has 0 spiro atoms. The fourth-order valence-electron chi connectivity index (χ4n) is 4.96. The second-order valence-corrected chi connectivity index (χ2v) is 12.5. The van der Waals surface area contributed by atoms with Gasteiger partial charge in [0.15, 0.2) is 6.10 Å². The maximum atomic E-state index is 13.8. The molecule has 3 atom stereocenters. The number of carbonyl (C=O) groups excluding carboxylic acids is 3. The number of rotatable bonds is 10. The first-order valence-corrected chi connectivity index (χ1v) is 14.8. The van der Waals surface area contributed by atoms with Crippen molar-refractivity contribution in [1.29, 1.82) is 0 Å². The topological polar surface area (TPSA) is 111 Å². The molecule has 3 aromatic rings. The lowest BCUT2D eigenvalue weighted by molar-refractivity contribution is -0.147. The molecule has 4 amide bonds. The van der Waals surface area contributed by atoms with E-state index in [1.54, 1.807) is 12.1 Å². The van der Waals surface area contributed by atoms with E-state index >= 15 is 0 Å². The maximum Gasteiger partial charge on any atom is 0.315 e. The molecule has 1 heterocycles. The zero-order chi connectivity index (χ0) is 30.3. The van der Waals surface area contributed by atoms with E-state index in [1.165, 1.54) is 28.8 Å². The quantitative estimate of drug-likeness (QED) is 0.286. The van der Waals surface area contributed by atoms with E-state index in [2.05, 4.69) is 16.0 Å². The molecule has 3 aromatic carbocycles. The summed E-state index contributed by atoms with van der Waals surface area (Å²) in [4.78, 5) is 41.5. The summed E-state index contributed by atoms with van der Waals surface area (Å²) >= 11 is 1.46. The maximum absolute atomic E-state index is 13.8. The third kappa shape index (κ3) is 7.89. The van der Waals surface area contributed by atoms with Crippen molar-refractivity contribution in [2.24, 2.45) is 0 Å². The van der Waals surface area contributed by atoms with E-state index in [1.807, 2.05) is 75.4 Å². The molecule has 10 heteroatoms. The number of nitrogens with zero attached hydrogens (tertiary/aromatic N) is 1. The number of urea groups is 1. The van der Waals surface area contributed by atoms with Crippen LogP contribution in [0.15, 0.2) is 78.9 Å². The Kier molecular flexibility index (Phi) is 10.2. The predicted molar refractivity (Wildman–Crippen MR) is 162 cm³/mol. The molecule has 8 nitrogen and oxygen atoms in total. The summed E-state index contributed by atoms with van der Waals surface area (Å²) in [6.07, 6.45) is -1.42. The first kappa shape index (κ1) is 31.1. The number of aliphatic hydroxyl groups is 1. The van der Waals surface area contributed by atoms with Gasteiger partial charge in [0.2, 0.25) is 5.91 Å². The highest BCUT2D eigenvalue weighted by Gasteiger charge is 2.49. The third-order valence-electron chi connectivity index (χ3n) is 7.41. The van der Waals surface area contributed by atoms with Gasteiger partial charge in [0, 0.05) is 17.8 Å². The van der Waals surface area contributed by atoms with Gasteiger partial charge >= 0.3 is 6.03 Å². The summed E-state index contributed by atoms with van der Waals surface area (Å²) in [6.45, 7) is 6.22. The van der Waals surface area contributed by atoms with Crippen molar-refractivity contribution >= 4 is 29.6 Å². The number of halogens is 1. The van der Waals surface area contributed by atoms with Crippen molar-refractivity contribution in [1.82, 2.24) is 20.9 Å². The zero-order valence-corrected chi connectivity index (χ0v) is 24.8. The zero-order valence-electron chi connectivity index (χ0n) is 24.0. The molecule has 222 valence electrons. The molecule has 4 rings (SSSR count).